The van der Waals surface area contributed by atoms with E-state index in [0.717, 1.165) is 36.5 Å². The smallest absolute Gasteiger partial charge is 0.135 e. The van der Waals surface area contributed by atoms with Crippen LogP contribution in [0, 0.1) is 46.3 Å². The van der Waals surface area contributed by atoms with Crippen molar-refractivity contribution in [3.8, 4) is 0 Å². The Kier molecular flexibility index (Phi) is 6.30. The second-order valence-electron chi connectivity index (χ2n) is 12.2. The van der Waals surface area contributed by atoms with Crippen molar-refractivity contribution in [2.24, 2.45) is 46.3 Å². The van der Waals surface area contributed by atoms with Crippen molar-refractivity contribution in [2.75, 3.05) is 7.11 Å². The number of Topliss-reactive ketones (excluding diaryl/α,β-unsaturated/α-hetero) is 1. The summed E-state index contributed by atoms with van der Waals surface area (Å²) < 4.78 is 5.74. The first kappa shape index (κ1) is 22.6. The van der Waals surface area contributed by atoms with E-state index in [0.29, 0.717) is 28.6 Å². The molecule has 0 spiro atoms. The Bertz CT molecular complexity index is 678. The molecule has 8 atom stereocenters. The molecule has 0 radical (unpaired) electrons. The first-order chi connectivity index (χ1) is 14.2. The molecule has 0 bridgehead atoms. The van der Waals surface area contributed by atoms with Gasteiger partial charge in [0.2, 0.25) is 0 Å². The van der Waals surface area contributed by atoms with Crippen LogP contribution in [0.25, 0.3) is 0 Å². The van der Waals surface area contributed by atoms with Crippen molar-refractivity contribution in [1.29, 1.82) is 0 Å². The number of hydrogen-bond acceptors (Lipinski definition) is 2. The highest BCUT2D eigenvalue weighted by Crippen LogP contribution is 2.67. The molecule has 4 rings (SSSR count). The van der Waals surface area contributed by atoms with E-state index in [9.17, 15) is 4.79 Å². The first-order valence-corrected chi connectivity index (χ1v) is 13.0. The largest absolute Gasteiger partial charge is 0.381 e. The van der Waals surface area contributed by atoms with Gasteiger partial charge in [0.15, 0.2) is 0 Å². The number of allylic oxidation sites excluding steroid dienone is 1. The molecule has 2 heteroatoms. The Morgan fingerprint density at radius 1 is 1.10 bits per heavy atom. The fourth-order valence-corrected chi connectivity index (χ4v) is 8.66. The van der Waals surface area contributed by atoms with Gasteiger partial charge < -0.3 is 4.74 Å². The molecule has 0 aromatic heterocycles. The molecule has 4 aliphatic carbocycles. The SMILES string of the molecule is CO[C@H]1CC[C@@]2(C)C(=CC[C@@H]3[C@H]4CC[C@H]([C@H](C)CCC(=O)C(C)C)[C@@]4(C)CC[C@H]32)C1. The maximum atomic E-state index is 12.2. The minimum atomic E-state index is 0.191. The van der Waals surface area contributed by atoms with Crippen molar-refractivity contribution < 1.29 is 9.53 Å². The lowest BCUT2D eigenvalue weighted by atomic mass is 9.47. The van der Waals surface area contributed by atoms with Gasteiger partial charge >= 0.3 is 0 Å². The van der Waals surface area contributed by atoms with Crippen LogP contribution in [0.2, 0.25) is 0 Å². The van der Waals surface area contributed by atoms with Crippen LogP contribution in [0.5, 0.6) is 0 Å². The van der Waals surface area contributed by atoms with E-state index in [4.69, 9.17) is 4.74 Å². The van der Waals surface area contributed by atoms with Gasteiger partial charge in [-0.1, -0.05) is 46.3 Å². The minimum absolute atomic E-state index is 0.191. The molecule has 0 amide bonds. The molecule has 170 valence electrons. The molecule has 0 aromatic carbocycles. The number of hydrogen-bond donors (Lipinski definition) is 0. The molecule has 4 aliphatic rings. The van der Waals surface area contributed by atoms with Crippen molar-refractivity contribution in [3.63, 3.8) is 0 Å². The average molecular weight is 415 g/mol. The van der Waals surface area contributed by atoms with Crippen LogP contribution in [0.4, 0.5) is 0 Å². The number of ether oxygens (including phenoxy) is 1. The summed E-state index contributed by atoms with van der Waals surface area (Å²) in [6, 6.07) is 0. The minimum Gasteiger partial charge on any atom is -0.381 e. The van der Waals surface area contributed by atoms with Gasteiger partial charge in [-0.2, -0.15) is 0 Å². The van der Waals surface area contributed by atoms with Crippen LogP contribution in [0.3, 0.4) is 0 Å². The summed E-state index contributed by atoms with van der Waals surface area (Å²) >= 11 is 0. The molecule has 0 saturated heterocycles. The number of ketones is 1. The average Bonchev–Trinajstić information content (AvgIpc) is 3.08. The predicted octanol–water partition coefficient (Wildman–Crippen LogP) is 7.22. The molecular formula is C28H46O2. The summed E-state index contributed by atoms with van der Waals surface area (Å²) in [5, 5.41) is 0. The summed E-state index contributed by atoms with van der Waals surface area (Å²) in [6.07, 6.45) is 15.6. The highest BCUT2D eigenvalue weighted by atomic mass is 16.5. The molecule has 0 N–H and O–H groups in total. The van der Waals surface area contributed by atoms with E-state index in [1.54, 1.807) is 5.57 Å². The highest BCUT2D eigenvalue weighted by Gasteiger charge is 2.59. The molecule has 2 nitrogen and oxygen atoms in total. The molecule has 0 unspecified atom stereocenters. The van der Waals surface area contributed by atoms with Crippen LogP contribution >= 0.6 is 0 Å². The van der Waals surface area contributed by atoms with Gasteiger partial charge in [-0.25, -0.2) is 0 Å². The molecular weight excluding hydrogens is 368 g/mol. The lowest BCUT2D eigenvalue weighted by Gasteiger charge is -2.58. The predicted molar refractivity (Wildman–Crippen MR) is 124 cm³/mol. The van der Waals surface area contributed by atoms with Crippen molar-refractivity contribution in [3.05, 3.63) is 11.6 Å². The van der Waals surface area contributed by atoms with Crippen LogP contribution in [-0.4, -0.2) is 19.0 Å². The Morgan fingerprint density at radius 3 is 2.57 bits per heavy atom. The Morgan fingerprint density at radius 2 is 1.87 bits per heavy atom. The number of carbonyl (C=O) groups excluding carboxylic acids is 1. The standard InChI is InChI=1S/C28H46O2/c1-18(2)26(29)12-7-19(3)23-10-11-24-22-9-8-20-17-21(30-6)13-15-27(20,4)25(22)14-16-28(23,24)5/h8,18-19,21-25H,7,9-17H2,1-6H3/t19-,21+,22-,23-,24-,25-,27+,28-/m1/s1. The Balaban J connectivity index is 1.48. The van der Waals surface area contributed by atoms with Crippen molar-refractivity contribution in [1.82, 2.24) is 0 Å². The van der Waals surface area contributed by atoms with Gasteiger partial charge in [0.1, 0.15) is 5.78 Å². The van der Waals surface area contributed by atoms with E-state index >= 15 is 0 Å². The Labute approximate surface area is 185 Å². The maximum absolute atomic E-state index is 12.2. The lowest BCUT2D eigenvalue weighted by molar-refractivity contribution is -0.122. The van der Waals surface area contributed by atoms with Crippen molar-refractivity contribution in [2.45, 2.75) is 105 Å². The molecule has 0 heterocycles. The Hall–Kier alpha value is -0.630. The van der Waals surface area contributed by atoms with Crippen LogP contribution in [0.15, 0.2) is 11.6 Å². The van der Waals surface area contributed by atoms with Gasteiger partial charge in [0.25, 0.3) is 0 Å². The maximum Gasteiger partial charge on any atom is 0.135 e. The van der Waals surface area contributed by atoms with Gasteiger partial charge in [0.05, 0.1) is 6.10 Å². The topological polar surface area (TPSA) is 26.3 Å². The third-order valence-electron chi connectivity index (χ3n) is 10.6. The first-order valence-electron chi connectivity index (χ1n) is 13.0. The third-order valence-corrected chi connectivity index (χ3v) is 10.6. The summed E-state index contributed by atoms with van der Waals surface area (Å²) in [6.45, 7) is 11.8. The van der Waals surface area contributed by atoms with Gasteiger partial charge in [-0.3, -0.25) is 4.79 Å². The second kappa shape index (κ2) is 8.38. The van der Waals surface area contributed by atoms with E-state index in [-0.39, 0.29) is 5.92 Å². The molecule has 30 heavy (non-hydrogen) atoms. The van der Waals surface area contributed by atoms with Gasteiger partial charge in [0, 0.05) is 19.4 Å². The van der Waals surface area contributed by atoms with Gasteiger partial charge in [-0.15, -0.1) is 0 Å². The molecule has 0 aromatic rings. The summed E-state index contributed by atoms with van der Waals surface area (Å²) in [5.74, 6) is 4.79. The highest BCUT2D eigenvalue weighted by molar-refractivity contribution is 5.80. The zero-order chi connectivity index (χ0) is 21.7. The van der Waals surface area contributed by atoms with Crippen molar-refractivity contribution >= 4 is 5.78 Å². The fraction of sp³-hybridized carbons (Fsp3) is 0.893. The normalized spacial score (nSPS) is 44.1. The summed E-state index contributed by atoms with van der Waals surface area (Å²) in [7, 11) is 1.89. The zero-order valence-corrected chi connectivity index (χ0v) is 20.5. The van der Waals surface area contributed by atoms with E-state index in [1.807, 2.05) is 21.0 Å². The lowest BCUT2D eigenvalue weighted by Crippen LogP contribution is -2.51. The van der Waals surface area contributed by atoms with Crippen LogP contribution in [0.1, 0.15) is 98.8 Å². The van der Waals surface area contributed by atoms with E-state index in [2.05, 4.69) is 26.8 Å². The fourth-order valence-electron chi connectivity index (χ4n) is 8.66. The van der Waals surface area contributed by atoms with E-state index in [1.165, 1.54) is 51.4 Å². The number of rotatable bonds is 6. The van der Waals surface area contributed by atoms with E-state index < -0.39 is 0 Å². The number of fused-ring (bicyclic) bond motifs is 5. The monoisotopic (exact) mass is 414 g/mol. The van der Waals surface area contributed by atoms with Crippen LogP contribution in [-0.2, 0) is 9.53 Å². The molecule has 3 fully saturated rings. The molecule has 0 aliphatic heterocycles. The number of carbonyl (C=O) groups is 1. The van der Waals surface area contributed by atoms with Crippen LogP contribution < -0.4 is 0 Å². The quantitative estimate of drug-likeness (QED) is 0.429. The second-order valence-corrected chi connectivity index (χ2v) is 12.2. The summed E-state index contributed by atoms with van der Waals surface area (Å²) in [4.78, 5) is 12.2. The molecule has 3 saturated carbocycles. The number of methoxy groups -OCH3 is 1. The van der Waals surface area contributed by atoms with Gasteiger partial charge in [-0.05, 0) is 98.2 Å². The zero-order valence-electron chi connectivity index (χ0n) is 20.5. The summed E-state index contributed by atoms with van der Waals surface area (Å²) in [5.41, 5.74) is 2.64. The third kappa shape index (κ3) is 3.63.